The average Bonchev–Trinajstić information content (AvgIpc) is 3.18. The van der Waals surface area contributed by atoms with Crippen molar-refractivity contribution in [2.45, 2.75) is 38.9 Å². The van der Waals surface area contributed by atoms with Crippen molar-refractivity contribution in [2.75, 3.05) is 11.4 Å². The van der Waals surface area contributed by atoms with E-state index >= 15 is 0 Å². The first-order valence-corrected chi connectivity index (χ1v) is 8.34. The predicted octanol–water partition coefficient (Wildman–Crippen LogP) is 4.32. The fourth-order valence-electron chi connectivity index (χ4n) is 2.48. The van der Waals surface area contributed by atoms with E-state index in [1.807, 2.05) is 12.1 Å². The van der Waals surface area contributed by atoms with Crippen molar-refractivity contribution in [3.05, 3.63) is 52.4 Å². The molecule has 1 fully saturated rings. The number of rotatable bonds is 7. The largest absolute Gasteiger partial charge is 0.467 e. The molecule has 1 saturated carbocycles. The minimum absolute atomic E-state index is 0.724. The van der Waals surface area contributed by atoms with Crippen LogP contribution in [0.1, 0.15) is 31.1 Å². The number of furan rings is 1. The normalized spacial score (nSPS) is 14.4. The SMILES string of the molecule is CCN(Cc1ccco1)c1cc(Br)ccc1CNC1CC1. The highest BCUT2D eigenvalue weighted by molar-refractivity contribution is 9.10. The summed E-state index contributed by atoms with van der Waals surface area (Å²) >= 11 is 3.59. The van der Waals surface area contributed by atoms with Crippen molar-refractivity contribution in [1.29, 1.82) is 0 Å². The van der Waals surface area contributed by atoms with Crippen LogP contribution in [0.15, 0.2) is 45.5 Å². The van der Waals surface area contributed by atoms with Gasteiger partial charge in [-0.25, -0.2) is 0 Å². The molecule has 0 bridgehead atoms. The molecular weight excluding hydrogens is 328 g/mol. The maximum Gasteiger partial charge on any atom is 0.123 e. The van der Waals surface area contributed by atoms with Gasteiger partial charge < -0.3 is 14.6 Å². The average molecular weight is 349 g/mol. The lowest BCUT2D eigenvalue weighted by Gasteiger charge is -2.25. The first kappa shape index (κ1) is 14.7. The van der Waals surface area contributed by atoms with Gasteiger partial charge in [-0.3, -0.25) is 0 Å². The summed E-state index contributed by atoms with van der Waals surface area (Å²) in [6.07, 6.45) is 4.37. The van der Waals surface area contributed by atoms with Gasteiger partial charge in [-0.2, -0.15) is 0 Å². The van der Waals surface area contributed by atoms with Gasteiger partial charge in [0.2, 0.25) is 0 Å². The second-order valence-electron chi connectivity index (χ2n) is 5.52. The third kappa shape index (κ3) is 3.89. The van der Waals surface area contributed by atoms with Gasteiger partial charge in [0.05, 0.1) is 12.8 Å². The number of nitrogens with one attached hydrogen (secondary N) is 1. The number of halogens is 1. The van der Waals surface area contributed by atoms with Crippen molar-refractivity contribution < 1.29 is 4.42 Å². The molecule has 112 valence electrons. The number of benzene rings is 1. The van der Waals surface area contributed by atoms with E-state index < -0.39 is 0 Å². The predicted molar refractivity (Wildman–Crippen MR) is 89.4 cm³/mol. The summed E-state index contributed by atoms with van der Waals surface area (Å²) in [7, 11) is 0. The van der Waals surface area contributed by atoms with E-state index in [9.17, 15) is 0 Å². The van der Waals surface area contributed by atoms with Gasteiger partial charge in [0, 0.05) is 29.3 Å². The monoisotopic (exact) mass is 348 g/mol. The molecule has 2 aromatic rings. The Morgan fingerprint density at radius 3 is 2.86 bits per heavy atom. The molecule has 0 amide bonds. The summed E-state index contributed by atoms with van der Waals surface area (Å²) in [5, 5.41) is 3.61. The van der Waals surface area contributed by atoms with Gasteiger partial charge in [-0.15, -0.1) is 0 Å². The van der Waals surface area contributed by atoms with Gasteiger partial charge in [-0.05, 0) is 49.6 Å². The highest BCUT2D eigenvalue weighted by Crippen LogP contribution is 2.28. The number of hydrogen-bond donors (Lipinski definition) is 1. The molecule has 0 radical (unpaired) electrons. The van der Waals surface area contributed by atoms with Crippen molar-refractivity contribution in [2.24, 2.45) is 0 Å². The van der Waals surface area contributed by atoms with Crippen LogP contribution in [0.5, 0.6) is 0 Å². The van der Waals surface area contributed by atoms with E-state index in [1.165, 1.54) is 24.1 Å². The molecule has 1 N–H and O–H groups in total. The van der Waals surface area contributed by atoms with Crippen LogP contribution in [-0.4, -0.2) is 12.6 Å². The second kappa shape index (κ2) is 6.67. The van der Waals surface area contributed by atoms with Crippen molar-refractivity contribution in [1.82, 2.24) is 5.32 Å². The van der Waals surface area contributed by atoms with E-state index in [2.05, 4.69) is 51.3 Å². The molecule has 3 nitrogen and oxygen atoms in total. The molecule has 0 atom stereocenters. The fraction of sp³-hybridized carbons (Fsp3) is 0.412. The smallest absolute Gasteiger partial charge is 0.123 e. The van der Waals surface area contributed by atoms with E-state index in [0.717, 1.165) is 35.9 Å². The number of hydrogen-bond acceptors (Lipinski definition) is 3. The fourth-order valence-corrected chi connectivity index (χ4v) is 2.83. The van der Waals surface area contributed by atoms with Crippen LogP contribution in [-0.2, 0) is 13.1 Å². The molecule has 1 aromatic carbocycles. The molecule has 1 heterocycles. The Balaban J connectivity index is 1.80. The highest BCUT2D eigenvalue weighted by atomic mass is 79.9. The molecule has 0 saturated heterocycles. The number of anilines is 1. The van der Waals surface area contributed by atoms with Crippen LogP contribution in [0, 0.1) is 0 Å². The van der Waals surface area contributed by atoms with Crippen molar-refractivity contribution in [3.63, 3.8) is 0 Å². The van der Waals surface area contributed by atoms with Gasteiger partial charge in [-0.1, -0.05) is 22.0 Å². The molecule has 21 heavy (non-hydrogen) atoms. The second-order valence-corrected chi connectivity index (χ2v) is 6.44. The van der Waals surface area contributed by atoms with E-state index in [4.69, 9.17) is 4.42 Å². The zero-order valence-electron chi connectivity index (χ0n) is 12.3. The van der Waals surface area contributed by atoms with Crippen LogP contribution in [0.3, 0.4) is 0 Å². The maximum absolute atomic E-state index is 5.50. The van der Waals surface area contributed by atoms with Crippen LogP contribution in [0.2, 0.25) is 0 Å². The first-order chi connectivity index (χ1) is 10.3. The molecule has 4 heteroatoms. The Morgan fingerprint density at radius 2 is 2.19 bits per heavy atom. The lowest BCUT2D eigenvalue weighted by atomic mass is 10.1. The first-order valence-electron chi connectivity index (χ1n) is 7.55. The Morgan fingerprint density at radius 1 is 1.33 bits per heavy atom. The van der Waals surface area contributed by atoms with Gasteiger partial charge >= 0.3 is 0 Å². The van der Waals surface area contributed by atoms with Crippen LogP contribution in [0.4, 0.5) is 5.69 Å². The summed E-state index contributed by atoms with van der Waals surface area (Å²) in [5.41, 5.74) is 2.62. The third-order valence-electron chi connectivity index (χ3n) is 3.86. The zero-order valence-corrected chi connectivity index (χ0v) is 13.9. The standard InChI is InChI=1S/C17H21BrN2O/c1-2-20(12-16-4-3-9-21-16)17-10-14(18)6-5-13(17)11-19-15-7-8-15/h3-6,9-10,15,19H,2,7-8,11-12H2,1H3. The Bertz CT molecular complexity index is 578. The third-order valence-corrected chi connectivity index (χ3v) is 4.35. The van der Waals surface area contributed by atoms with Crippen LogP contribution in [0.25, 0.3) is 0 Å². The quantitative estimate of drug-likeness (QED) is 0.807. The lowest BCUT2D eigenvalue weighted by Crippen LogP contribution is -2.25. The van der Waals surface area contributed by atoms with E-state index in [-0.39, 0.29) is 0 Å². The summed E-state index contributed by atoms with van der Waals surface area (Å²) < 4.78 is 6.61. The van der Waals surface area contributed by atoms with Gasteiger partial charge in [0.1, 0.15) is 5.76 Å². The Kier molecular flexibility index (Phi) is 4.66. The summed E-state index contributed by atoms with van der Waals surface area (Å²) in [6.45, 7) is 4.87. The highest BCUT2D eigenvalue weighted by Gasteiger charge is 2.21. The molecule has 3 rings (SSSR count). The van der Waals surface area contributed by atoms with E-state index in [1.54, 1.807) is 6.26 Å². The minimum atomic E-state index is 0.724. The Hall–Kier alpha value is -1.26. The van der Waals surface area contributed by atoms with Crippen LogP contribution >= 0.6 is 15.9 Å². The van der Waals surface area contributed by atoms with Gasteiger partial charge in [0.15, 0.2) is 0 Å². The molecule has 0 aliphatic heterocycles. The number of nitrogens with zero attached hydrogens (tertiary/aromatic N) is 1. The summed E-state index contributed by atoms with van der Waals surface area (Å²) in [5.74, 6) is 0.998. The van der Waals surface area contributed by atoms with Crippen molar-refractivity contribution in [3.8, 4) is 0 Å². The summed E-state index contributed by atoms with van der Waals surface area (Å²) in [6, 6.07) is 11.2. The minimum Gasteiger partial charge on any atom is -0.467 e. The molecule has 0 unspecified atom stereocenters. The molecule has 1 aromatic heterocycles. The maximum atomic E-state index is 5.50. The lowest BCUT2D eigenvalue weighted by molar-refractivity contribution is 0.503. The van der Waals surface area contributed by atoms with E-state index in [0.29, 0.717) is 0 Å². The topological polar surface area (TPSA) is 28.4 Å². The van der Waals surface area contributed by atoms with Crippen molar-refractivity contribution >= 4 is 21.6 Å². The molecular formula is C17H21BrN2O. The van der Waals surface area contributed by atoms with Gasteiger partial charge in [0.25, 0.3) is 0 Å². The Labute approximate surface area is 134 Å². The molecule has 1 aliphatic rings. The zero-order chi connectivity index (χ0) is 14.7. The van der Waals surface area contributed by atoms with Crippen LogP contribution < -0.4 is 10.2 Å². The molecule has 0 spiro atoms. The molecule has 1 aliphatic carbocycles. The summed E-state index contributed by atoms with van der Waals surface area (Å²) in [4.78, 5) is 2.35.